The lowest BCUT2D eigenvalue weighted by Crippen LogP contribution is -2.57. The number of amides is 4. The van der Waals surface area contributed by atoms with Crippen LogP contribution in [0.5, 0.6) is 0 Å². The Hall–Kier alpha value is -1.89. The molecule has 0 radical (unpaired) electrons. The Kier molecular flexibility index (Phi) is 5.35. The van der Waals surface area contributed by atoms with Crippen LogP contribution in [0, 0.1) is 23.2 Å². The fourth-order valence-corrected chi connectivity index (χ4v) is 7.37. The monoisotopic (exact) mass is 487 g/mol. The topological polar surface area (TPSA) is 78.5 Å². The molecule has 6 nitrogen and oxygen atoms in total. The Bertz CT molecular complexity index is 895. The second kappa shape index (κ2) is 7.91. The summed E-state index contributed by atoms with van der Waals surface area (Å²) in [7, 11) is 0. The van der Waals surface area contributed by atoms with Gasteiger partial charge in [0.1, 0.15) is 0 Å². The van der Waals surface area contributed by atoms with Gasteiger partial charge in [0.05, 0.1) is 11.1 Å². The summed E-state index contributed by atoms with van der Waals surface area (Å²) in [4.78, 5) is 38.8. The molecule has 0 aromatic heterocycles. The zero-order valence-corrected chi connectivity index (χ0v) is 19.5. The van der Waals surface area contributed by atoms with Crippen molar-refractivity contribution in [3.8, 4) is 0 Å². The smallest absolute Gasteiger partial charge is 0.315 e. The van der Waals surface area contributed by atoms with Crippen molar-refractivity contribution in [3.63, 3.8) is 0 Å². The summed E-state index contributed by atoms with van der Waals surface area (Å²) in [6.45, 7) is 2.90. The first kappa shape index (κ1) is 21.0. The number of carbonyl (C=O) groups is 3. The molecule has 1 aliphatic heterocycles. The van der Waals surface area contributed by atoms with E-state index in [0.29, 0.717) is 30.6 Å². The van der Waals surface area contributed by atoms with Crippen molar-refractivity contribution in [3.05, 3.63) is 33.8 Å². The van der Waals surface area contributed by atoms with E-state index in [-0.39, 0.29) is 29.3 Å². The molecular weight excluding hydrogens is 458 g/mol. The van der Waals surface area contributed by atoms with Gasteiger partial charge in [-0.3, -0.25) is 14.5 Å². The molecule has 1 heterocycles. The Balaban J connectivity index is 1.09. The van der Waals surface area contributed by atoms with Gasteiger partial charge in [-0.15, -0.1) is 0 Å². The maximum absolute atomic E-state index is 12.5. The van der Waals surface area contributed by atoms with Crippen molar-refractivity contribution in [1.82, 2.24) is 15.5 Å². The SMILES string of the molecule is CC(NC(=O)NCCCN1C(=O)c2ccc(Br)cc2C1=O)C12CC3CC(CC(C3)C1)C2. The largest absolute Gasteiger partial charge is 0.338 e. The van der Waals surface area contributed by atoms with Crippen LogP contribution in [0.2, 0.25) is 0 Å². The van der Waals surface area contributed by atoms with Crippen molar-refractivity contribution >= 4 is 33.8 Å². The fraction of sp³-hybridized carbons (Fsp3) is 0.625. The summed E-state index contributed by atoms with van der Waals surface area (Å²) in [6, 6.07) is 5.17. The number of benzene rings is 1. The van der Waals surface area contributed by atoms with Gasteiger partial charge in [-0.25, -0.2) is 4.79 Å². The normalized spacial score (nSPS) is 31.7. The molecule has 1 unspecified atom stereocenters. The van der Waals surface area contributed by atoms with E-state index in [2.05, 4.69) is 33.5 Å². The molecule has 1 aromatic carbocycles. The van der Waals surface area contributed by atoms with E-state index in [0.717, 1.165) is 22.2 Å². The lowest BCUT2D eigenvalue weighted by atomic mass is 9.48. The van der Waals surface area contributed by atoms with Crippen LogP contribution in [0.3, 0.4) is 0 Å². The van der Waals surface area contributed by atoms with E-state index in [1.165, 1.54) is 43.4 Å². The highest BCUT2D eigenvalue weighted by Crippen LogP contribution is 2.61. The first-order chi connectivity index (χ1) is 14.8. The lowest BCUT2D eigenvalue weighted by molar-refractivity contribution is -0.0682. The summed E-state index contributed by atoms with van der Waals surface area (Å²) in [5, 5.41) is 6.12. The minimum Gasteiger partial charge on any atom is -0.338 e. The average Bonchev–Trinajstić information content (AvgIpc) is 2.94. The quantitative estimate of drug-likeness (QED) is 0.462. The molecule has 31 heavy (non-hydrogen) atoms. The number of nitrogens with one attached hydrogen (secondary N) is 2. The van der Waals surface area contributed by atoms with Crippen LogP contribution < -0.4 is 10.6 Å². The number of rotatable bonds is 6. The maximum atomic E-state index is 12.5. The molecule has 4 amide bonds. The van der Waals surface area contributed by atoms with E-state index in [4.69, 9.17) is 0 Å². The van der Waals surface area contributed by atoms with Gasteiger partial charge in [0.15, 0.2) is 0 Å². The highest BCUT2D eigenvalue weighted by atomic mass is 79.9. The number of imide groups is 1. The Morgan fingerprint density at radius 2 is 1.71 bits per heavy atom. The molecule has 6 rings (SSSR count). The number of carbonyl (C=O) groups excluding carboxylic acids is 3. The molecular formula is C24H30BrN3O3. The molecule has 7 heteroatoms. The van der Waals surface area contributed by atoms with Crippen LogP contribution >= 0.6 is 15.9 Å². The van der Waals surface area contributed by atoms with Gasteiger partial charge in [-0.05, 0) is 93.2 Å². The van der Waals surface area contributed by atoms with Crippen molar-refractivity contribution in [1.29, 1.82) is 0 Å². The zero-order chi connectivity index (χ0) is 21.8. The minimum atomic E-state index is -0.263. The molecule has 0 spiro atoms. The van der Waals surface area contributed by atoms with Gasteiger partial charge in [0.2, 0.25) is 0 Å². The molecule has 1 atom stereocenters. The summed E-state index contributed by atoms with van der Waals surface area (Å²) < 4.78 is 0.778. The van der Waals surface area contributed by atoms with Crippen LogP contribution in [0.1, 0.15) is 72.6 Å². The average molecular weight is 488 g/mol. The lowest BCUT2D eigenvalue weighted by Gasteiger charge is -2.59. The second-order valence-electron chi connectivity index (χ2n) is 10.2. The van der Waals surface area contributed by atoms with Gasteiger partial charge in [0.25, 0.3) is 11.8 Å². The summed E-state index contributed by atoms with van der Waals surface area (Å²) >= 11 is 3.35. The summed E-state index contributed by atoms with van der Waals surface area (Å²) in [5.41, 5.74) is 1.17. The van der Waals surface area contributed by atoms with Crippen LogP contribution in [-0.2, 0) is 0 Å². The van der Waals surface area contributed by atoms with Crippen molar-refractivity contribution in [2.24, 2.45) is 23.2 Å². The standard InChI is InChI=1S/C24H30BrN3O3/c1-14(24-11-15-7-16(12-24)9-17(8-15)13-24)27-23(31)26-5-2-6-28-21(29)19-4-3-18(25)10-20(19)22(28)30/h3-4,10,14-17H,2,5-9,11-13H2,1H3,(H2,26,27,31). The van der Waals surface area contributed by atoms with Crippen LogP contribution in [-0.4, -0.2) is 41.9 Å². The molecule has 2 N–H and O–H groups in total. The molecule has 4 fully saturated rings. The molecule has 4 aliphatic carbocycles. The van der Waals surface area contributed by atoms with Gasteiger partial charge in [-0.2, -0.15) is 0 Å². The van der Waals surface area contributed by atoms with Crippen LogP contribution in [0.25, 0.3) is 0 Å². The van der Waals surface area contributed by atoms with Gasteiger partial charge in [0, 0.05) is 23.6 Å². The highest BCUT2D eigenvalue weighted by Gasteiger charge is 2.53. The van der Waals surface area contributed by atoms with Crippen LogP contribution in [0.4, 0.5) is 4.79 Å². The third-order valence-electron chi connectivity index (χ3n) is 8.13. The van der Waals surface area contributed by atoms with E-state index < -0.39 is 0 Å². The van der Waals surface area contributed by atoms with Crippen LogP contribution in [0.15, 0.2) is 22.7 Å². The summed E-state index contributed by atoms with van der Waals surface area (Å²) in [6.07, 6.45) is 8.50. The third-order valence-corrected chi connectivity index (χ3v) is 8.62. The van der Waals surface area contributed by atoms with E-state index in [9.17, 15) is 14.4 Å². The number of nitrogens with zero attached hydrogens (tertiary/aromatic N) is 1. The number of hydrogen-bond donors (Lipinski definition) is 2. The van der Waals surface area contributed by atoms with Crippen molar-refractivity contribution in [2.75, 3.05) is 13.1 Å². The number of halogens is 1. The number of hydrogen-bond acceptors (Lipinski definition) is 3. The first-order valence-corrected chi connectivity index (χ1v) is 12.3. The predicted octanol–water partition coefficient (Wildman–Crippen LogP) is 4.34. The van der Waals surface area contributed by atoms with E-state index in [1.807, 2.05) is 0 Å². The molecule has 166 valence electrons. The minimum absolute atomic E-state index is 0.144. The molecule has 0 saturated heterocycles. The predicted molar refractivity (Wildman–Crippen MR) is 121 cm³/mol. The number of urea groups is 1. The maximum Gasteiger partial charge on any atom is 0.315 e. The molecule has 4 saturated carbocycles. The number of fused-ring (bicyclic) bond motifs is 1. The van der Waals surface area contributed by atoms with Gasteiger partial charge < -0.3 is 10.6 Å². The zero-order valence-electron chi connectivity index (χ0n) is 18.0. The molecule has 5 aliphatic rings. The van der Waals surface area contributed by atoms with Gasteiger partial charge >= 0.3 is 6.03 Å². The highest BCUT2D eigenvalue weighted by molar-refractivity contribution is 9.10. The van der Waals surface area contributed by atoms with Gasteiger partial charge in [-0.1, -0.05) is 15.9 Å². The first-order valence-electron chi connectivity index (χ1n) is 11.5. The Morgan fingerprint density at radius 3 is 2.35 bits per heavy atom. The third kappa shape index (κ3) is 3.79. The van der Waals surface area contributed by atoms with Crippen molar-refractivity contribution in [2.45, 2.75) is 57.9 Å². The molecule has 4 bridgehead atoms. The summed E-state index contributed by atoms with van der Waals surface area (Å²) in [5.74, 6) is 2.06. The van der Waals surface area contributed by atoms with E-state index in [1.54, 1.807) is 18.2 Å². The Morgan fingerprint density at radius 1 is 1.10 bits per heavy atom. The van der Waals surface area contributed by atoms with Crippen molar-refractivity contribution < 1.29 is 14.4 Å². The second-order valence-corrected chi connectivity index (χ2v) is 11.1. The fourth-order valence-electron chi connectivity index (χ4n) is 7.01. The molecule has 1 aromatic rings. The Labute approximate surface area is 191 Å². The van der Waals surface area contributed by atoms with E-state index >= 15 is 0 Å².